The topological polar surface area (TPSA) is 88.5 Å². The zero-order valence-corrected chi connectivity index (χ0v) is 23.2. The van der Waals surface area contributed by atoms with Crippen molar-refractivity contribution in [2.75, 3.05) is 6.54 Å². The van der Waals surface area contributed by atoms with Gasteiger partial charge in [-0.15, -0.1) is 0 Å². The van der Waals surface area contributed by atoms with Crippen molar-refractivity contribution >= 4 is 11.9 Å². The van der Waals surface area contributed by atoms with E-state index in [1.807, 2.05) is 12.3 Å². The van der Waals surface area contributed by atoms with E-state index in [-0.39, 0.29) is 30.4 Å². The van der Waals surface area contributed by atoms with E-state index in [2.05, 4.69) is 70.3 Å². The van der Waals surface area contributed by atoms with Gasteiger partial charge in [0.05, 0.1) is 12.1 Å². The molecule has 202 valence electrons. The first kappa shape index (κ1) is 28.9. The number of amides is 1. The zero-order valence-electron chi connectivity index (χ0n) is 23.2. The number of aliphatic carboxylic acids is 1. The summed E-state index contributed by atoms with van der Waals surface area (Å²) in [6.07, 6.45) is 4.47. The first-order chi connectivity index (χ1) is 18.0. The lowest BCUT2D eigenvalue weighted by Gasteiger charge is -2.24. The number of nitrogens with one attached hydrogen (secondary N) is 1. The molecule has 3 rings (SSSR count). The molecule has 38 heavy (non-hydrogen) atoms. The van der Waals surface area contributed by atoms with Gasteiger partial charge in [0.15, 0.2) is 0 Å². The van der Waals surface area contributed by atoms with E-state index >= 15 is 0 Å². The third kappa shape index (κ3) is 9.33. The SMILES string of the molecule is CC(C)Cc1ccc(-c2ccc(C(CCC(C)(C)C)Oc3ccc(C(=O)NCCC(=O)O)cc3)cn2)cc1. The summed E-state index contributed by atoms with van der Waals surface area (Å²) in [5, 5.41) is 11.4. The molecule has 0 aliphatic heterocycles. The number of hydrogen-bond acceptors (Lipinski definition) is 4. The van der Waals surface area contributed by atoms with Gasteiger partial charge in [0.25, 0.3) is 5.91 Å². The van der Waals surface area contributed by atoms with E-state index in [1.54, 1.807) is 24.3 Å². The molecule has 0 fully saturated rings. The van der Waals surface area contributed by atoms with Crippen LogP contribution >= 0.6 is 0 Å². The molecule has 0 aliphatic rings. The maximum Gasteiger partial charge on any atom is 0.305 e. The Morgan fingerprint density at radius 2 is 1.66 bits per heavy atom. The lowest BCUT2D eigenvalue weighted by molar-refractivity contribution is -0.136. The van der Waals surface area contributed by atoms with Crippen molar-refractivity contribution in [3.8, 4) is 17.0 Å². The first-order valence-corrected chi connectivity index (χ1v) is 13.3. The Hall–Kier alpha value is -3.67. The molecule has 1 unspecified atom stereocenters. The highest BCUT2D eigenvalue weighted by Crippen LogP contribution is 2.32. The molecule has 0 aliphatic carbocycles. The van der Waals surface area contributed by atoms with Gasteiger partial charge >= 0.3 is 5.97 Å². The highest BCUT2D eigenvalue weighted by molar-refractivity contribution is 5.94. The summed E-state index contributed by atoms with van der Waals surface area (Å²) in [5.74, 6) is 0.0350. The normalized spacial score (nSPS) is 12.3. The maximum absolute atomic E-state index is 12.3. The van der Waals surface area contributed by atoms with Crippen molar-refractivity contribution in [3.05, 3.63) is 83.6 Å². The molecular weight excluding hydrogens is 476 g/mol. The van der Waals surface area contributed by atoms with Gasteiger partial charge in [-0.05, 0) is 66.5 Å². The van der Waals surface area contributed by atoms with Crippen LogP contribution in [0.15, 0.2) is 66.9 Å². The third-order valence-electron chi connectivity index (χ3n) is 6.23. The van der Waals surface area contributed by atoms with E-state index in [0.717, 1.165) is 36.1 Å². The summed E-state index contributed by atoms with van der Waals surface area (Å²) in [6, 6.07) is 19.7. The third-order valence-corrected chi connectivity index (χ3v) is 6.23. The smallest absolute Gasteiger partial charge is 0.305 e. The van der Waals surface area contributed by atoms with Crippen molar-refractivity contribution < 1.29 is 19.4 Å². The first-order valence-electron chi connectivity index (χ1n) is 13.3. The van der Waals surface area contributed by atoms with E-state index in [1.165, 1.54) is 5.56 Å². The van der Waals surface area contributed by atoms with E-state index in [0.29, 0.717) is 17.2 Å². The number of ether oxygens (including phenoxy) is 1. The van der Waals surface area contributed by atoms with Crippen LogP contribution in [-0.4, -0.2) is 28.5 Å². The number of carboxylic acids is 1. The predicted octanol–water partition coefficient (Wildman–Crippen LogP) is 7.10. The molecule has 0 radical (unpaired) electrons. The number of carboxylic acid groups (broad SMARTS) is 1. The van der Waals surface area contributed by atoms with Crippen LogP contribution < -0.4 is 10.1 Å². The Labute approximate surface area is 226 Å². The van der Waals surface area contributed by atoms with E-state index in [9.17, 15) is 9.59 Å². The van der Waals surface area contributed by atoms with Gasteiger partial charge < -0.3 is 15.2 Å². The minimum absolute atomic E-state index is 0.0897. The summed E-state index contributed by atoms with van der Waals surface area (Å²) >= 11 is 0. The molecule has 2 aromatic carbocycles. The van der Waals surface area contributed by atoms with Crippen molar-refractivity contribution in [3.63, 3.8) is 0 Å². The highest BCUT2D eigenvalue weighted by atomic mass is 16.5. The van der Waals surface area contributed by atoms with Crippen LogP contribution in [0.5, 0.6) is 5.75 Å². The minimum Gasteiger partial charge on any atom is -0.486 e. The quantitative estimate of drug-likeness (QED) is 0.268. The molecule has 0 saturated carbocycles. The molecule has 1 amide bonds. The summed E-state index contributed by atoms with van der Waals surface area (Å²) in [5.41, 5.74) is 4.97. The number of aromatic nitrogens is 1. The fraction of sp³-hybridized carbons (Fsp3) is 0.406. The van der Waals surface area contributed by atoms with Crippen LogP contribution in [0.2, 0.25) is 0 Å². The molecule has 0 saturated heterocycles. The molecule has 0 spiro atoms. The van der Waals surface area contributed by atoms with Crippen LogP contribution in [0.1, 0.15) is 81.5 Å². The molecule has 6 nitrogen and oxygen atoms in total. The fourth-order valence-corrected chi connectivity index (χ4v) is 4.14. The van der Waals surface area contributed by atoms with Gasteiger partial charge in [-0.3, -0.25) is 14.6 Å². The number of pyridine rings is 1. The Bertz CT molecular complexity index is 1180. The Balaban J connectivity index is 1.72. The largest absolute Gasteiger partial charge is 0.486 e. The molecule has 1 aromatic heterocycles. The molecule has 1 atom stereocenters. The van der Waals surface area contributed by atoms with Crippen molar-refractivity contribution in [1.82, 2.24) is 10.3 Å². The number of nitrogens with zero attached hydrogens (tertiary/aromatic N) is 1. The minimum atomic E-state index is -0.947. The maximum atomic E-state index is 12.3. The molecule has 6 heteroatoms. The summed E-state index contributed by atoms with van der Waals surface area (Å²) in [7, 11) is 0. The number of carbonyl (C=O) groups is 2. The Morgan fingerprint density at radius 1 is 0.974 bits per heavy atom. The summed E-state index contributed by atoms with van der Waals surface area (Å²) in [4.78, 5) is 27.7. The lowest BCUT2D eigenvalue weighted by atomic mass is 9.88. The lowest BCUT2D eigenvalue weighted by Crippen LogP contribution is -2.25. The molecule has 3 aromatic rings. The van der Waals surface area contributed by atoms with Gasteiger partial charge in [0.1, 0.15) is 11.9 Å². The van der Waals surface area contributed by atoms with Gasteiger partial charge in [0, 0.05) is 29.4 Å². The van der Waals surface area contributed by atoms with Gasteiger partial charge in [-0.25, -0.2) is 0 Å². The standard InChI is InChI=1S/C32H40N2O4/c1-22(2)20-23-6-8-24(9-7-23)28-15-12-26(21-34-28)29(16-18-32(3,4)5)38-27-13-10-25(11-14-27)31(37)33-19-17-30(35)36/h6-15,21-22,29H,16-20H2,1-5H3,(H,33,37)(H,35,36). The Morgan fingerprint density at radius 3 is 2.21 bits per heavy atom. The molecular formula is C32H40N2O4. The number of rotatable bonds is 12. The molecule has 1 heterocycles. The second kappa shape index (κ2) is 13.2. The molecule has 2 N–H and O–H groups in total. The predicted molar refractivity (Wildman–Crippen MR) is 151 cm³/mol. The average molecular weight is 517 g/mol. The molecule has 0 bridgehead atoms. The van der Waals surface area contributed by atoms with Crippen molar-refractivity contribution in [2.24, 2.45) is 11.3 Å². The van der Waals surface area contributed by atoms with Crippen molar-refractivity contribution in [1.29, 1.82) is 0 Å². The van der Waals surface area contributed by atoms with Crippen LogP contribution in [0.4, 0.5) is 0 Å². The number of carbonyl (C=O) groups excluding carboxylic acids is 1. The number of hydrogen-bond donors (Lipinski definition) is 2. The second-order valence-electron chi connectivity index (χ2n) is 11.4. The average Bonchev–Trinajstić information content (AvgIpc) is 2.86. The van der Waals surface area contributed by atoms with Crippen LogP contribution in [0.3, 0.4) is 0 Å². The zero-order chi connectivity index (χ0) is 27.7. The summed E-state index contributed by atoms with van der Waals surface area (Å²) < 4.78 is 6.39. The number of benzene rings is 2. The van der Waals surface area contributed by atoms with E-state index in [4.69, 9.17) is 14.8 Å². The fourth-order valence-electron chi connectivity index (χ4n) is 4.14. The summed E-state index contributed by atoms with van der Waals surface area (Å²) in [6.45, 7) is 11.2. The van der Waals surface area contributed by atoms with Crippen LogP contribution in [0, 0.1) is 11.3 Å². The van der Waals surface area contributed by atoms with Crippen LogP contribution in [0.25, 0.3) is 11.3 Å². The monoisotopic (exact) mass is 516 g/mol. The van der Waals surface area contributed by atoms with Crippen LogP contribution in [-0.2, 0) is 11.2 Å². The van der Waals surface area contributed by atoms with E-state index < -0.39 is 5.97 Å². The Kier molecular flexibility index (Phi) is 10.1. The highest BCUT2D eigenvalue weighted by Gasteiger charge is 2.19. The van der Waals surface area contributed by atoms with Gasteiger partial charge in [-0.2, -0.15) is 0 Å². The van der Waals surface area contributed by atoms with Gasteiger partial charge in [-0.1, -0.05) is 65.0 Å². The van der Waals surface area contributed by atoms with Crippen molar-refractivity contribution in [2.45, 2.75) is 66.4 Å². The van der Waals surface area contributed by atoms with Gasteiger partial charge in [0.2, 0.25) is 0 Å². The second-order valence-corrected chi connectivity index (χ2v) is 11.4.